The van der Waals surface area contributed by atoms with Gasteiger partial charge in [-0.2, -0.15) is 0 Å². The zero-order chi connectivity index (χ0) is 19.9. The first-order valence-corrected chi connectivity index (χ1v) is 9.74. The molecule has 0 saturated carbocycles. The second-order valence-electron chi connectivity index (χ2n) is 7.02. The molecule has 146 valence electrons. The molecular weight excluding hydrogens is 354 g/mol. The molecule has 0 unspecified atom stereocenters. The number of carbonyl (C=O) groups is 3. The number of hydrogen-bond donors (Lipinski definition) is 1. The Balaban J connectivity index is 1.40. The smallest absolute Gasteiger partial charge is 0.306 e. The van der Waals surface area contributed by atoms with Gasteiger partial charge in [0.1, 0.15) is 0 Å². The molecule has 0 heterocycles. The summed E-state index contributed by atoms with van der Waals surface area (Å²) >= 11 is 0. The Morgan fingerprint density at radius 3 is 2.46 bits per heavy atom. The minimum absolute atomic E-state index is 0.0333. The van der Waals surface area contributed by atoms with Crippen LogP contribution in [0, 0.1) is 0 Å². The highest BCUT2D eigenvalue weighted by atomic mass is 16.5. The van der Waals surface area contributed by atoms with Crippen LogP contribution < -0.4 is 5.32 Å². The number of Topliss-reactive ketones (excluding diaryl/α,β-unsaturated/α-hetero) is 1. The van der Waals surface area contributed by atoms with Crippen molar-refractivity contribution < 1.29 is 19.1 Å². The van der Waals surface area contributed by atoms with Crippen molar-refractivity contribution in [2.75, 3.05) is 11.9 Å². The van der Waals surface area contributed by atoms with Gasteiger partial charge in [0.25, 0.3) is 5.91 Å². The third-order valence-electron chi connectivity index (χ3n) is 4.99. The van der Waals surface area contributed by atoms with Crippen LogP contribution in [-0.4, -0.2) is 24.3 Å². The number of esters is 1. The van der Waals surface area contributed by atoms with E-state index in [-0.39, 0.29) is 25.2 Å². The molecule has 0 fully saturated rings. The Morgan fingerprint density at radius 1 is 0.964 bits per heavy atom. The van der Waals surface area contributed by atoms with E-state index in [4.69, 9.17) is 4.74 Å². The predicted molar refractivity (Wildman–Crippen MR) is 107 cm³/mol. The van der Waals surface area contributed by atoms with Crippen molar-refractivity contribution in [2.24, 2.45) is 0 Å². The fraction of sp³-hybridized carbons (Fsp3) is 0.348. The molecule has 0 radical (unpaired) electrons. The first kappa shape index (κ1) is 19.8. The number of hydrogen-bond acceptors (Lipinski definition) is 4. The van der Waals surface area contributed by atoms with Gasteiger partial charge in [0.15, 0.2) is 12.4 Å². The summed E-state index contributed by atoms with van der Waals surface area (Å²) in [6.07, 6.45) is 4.18. The Labute approximate surface area is 165 Å². The number of rotatable bonds is 8. The monoisotopic (exact) mass is 379 g/mol. The highest BCUT2D eigenvalue weighted by molar-refractivity contribution is 5.98. The normalized spacial score (nSPS) is 12.3. The summed E-state index contributed by atoms with van der Waals surface area (Å²) in [6.45, 7) is 1.70. The number of benzene rings is 2. The Kier molecular flexibility index (Phi) is 6.58. The van der Waals surface area contributed by atoms with E-state index in [0.29, 0.717) is 11.3 Å². The number of carbonyl (C=O) groups excluding carboxylic acids is 3. The Hall–Kier alpha value is -2.95. The van der Waals surface area contributed by atoms with Gasteiger partial charge in [0.2, 0.25) is 0 Å². The van der Waals surface area contributed by atoms with Gasteiger partial charge in [-0.05, 0) is 60.6 Å². The average Bonchev–Trinajstić information content (AvgIpc) is 3.19. The van der Waals surface area contributed by atoms with Gasteiger partial charge >= 0.3 is 5.97 Å². The quantitative estimate of drug-likeness (QED) is 0.558. The lowest BCUT2D eigenvalue weighted by atomic mass is 10.0. The topological polar surface area (TPSA) is 72.5 Å². The van der Waals surface area contributed by atoms with Crippen molar-refractivity contribution in [3.05, 3.63) is 64.7 Å². The summed E-state index contributed by atoms with van der Waals surface area (Å²) < 4.78 is 4.98. The van der Waals surface area contributed by atoms with Crippen LogP contribution in [0.4, 0.5) is 5.69 Å². The second-order valence-corrected chi connectivity index (χ2v) is 7.02. The van der Waals surface area contributed by atoms with Crippen LogP contribution in [0.5, 0.6) is 0 Å². The zero-order valence-corrected chi connectivity index (χ0v) is 16.1. The van der Waals surface area contributed by atoms with Crippen molar-refractivity contribution in [1.29, 1.82) is 0 Å². The lowest BCUT2D eigenvalue weighted by Crippen LogP contribution is -2.21. The van der Waals surface area contributed by atoms with E-state index in [2.05, 4.69) is 12.2 Å². The summed E-state index contributed by atoms with van der Waals surface area (Å²) in [5.41, 5.74) is 5.02. The highest BCUT2D eigenvalue weighted by Gasteiger charge is 2.16. The van der Waals surface area contributed by atoms with E-state index in [9.17, 15) is 14.4 Å². The average molecular weight is 379 g/mol. The molecule has 1 aliphatic rings. The molecule has 3 rings (SSSR count). The molecule has 28 heavy (non-hydrogen) atoms. The maximum Gasteiger partial charge on any atom is 0.306 e. The number of amides is 1. The molecule has 0 atom stereocenters. The van der Waals surface area contributed by atoms with E-state index in [1.165, 1.54) is 16.7 Å². The van der Waals surface area contributed by atoms with Gasteiger partial charge in [-0.15, -0.1) is 0 Å². The SMILES string of the molecule is CCc1ccc(NC(=O)COC(=O)CCC(=O)c2ccc3c(c2)CCC3)cc1. The Morgan fingerprint density at radius 2 is 1.71 bits per heavy atom. The van der Waals surface area contributed by atoms with Crippen LogP contribution in [0.1, 0.15) is 53.2 Å². The number of nitrogens with one attached hydrogen (secondary N) is 1. The summed E-state index contributed by atoms with van der Waals surface area (Å²) in [4.78, 5) is 36.0. The van der Waals surface area contributed by atoms with Crippen molar-refractivity contribution in [1.82, 2.24) is 0 Å². The standard InChI is InChI=1S/C23H25NO4/c1-2-16-6-10-20(11-7-16)24-22(26)15-28-23(27)13-12-21(25)19-9-8-17-4-3-5-18(17)14-19/h6-11,14H,2-5,12-13,15H2,1H3,(H,24,26). The zero-order valence-electron chi connectivity index (χ0n) is 16.1. The van der Waals surface area contributed by atoms with Gasteiger partial charge < -0.3 is 10.1 Å². The molecule has 1 aliphatic carbocycles. The van der Waals surface area contributed by atoms with Crippen LogP contribution in [0.15, 0.2) is 42.5 Å². The first-order valence-electron chi connectivity index (χ1n) is 9.74. The van der Waals surface area contributed by atoms with Gasteiger partial charge in [-0.3, -0.25) is 14.4 Å². The van der Waals surface area contributed by atoms with E-state index >= 15 is 0 Å². The summed E-state index contributed by atoms with van der Waals surface area (Å²) in [5.74, 6) is -1.03. The fourth-order valence-electron chi connectivity index (χ4n) is 3.34. The van der Waals surface area contributed by atoms with Crippen LogP contribution in [0.25, 0.3) is 0 Å². The second kappa shape index (κ2) is 9.31. The van der Waals surface area contributed by atoms with E-state index in [1.807, 2.05) is 42.5 Å². The van der Waals surface area contributed by atoms with Crippen molar-refractivity contribution in [2.45, 2.75) is 45.4 Å². The third kappa shape index (κ3) is 5.28. The minimum atomic E-state index is -0.550. The molecule has 1 N–H and O–H groups in total. The van der Waals surface area contributed by atoms with Crippen molar-refractivity contribution in [3.8, 4) is 0 Å². The molecule has 0 bridgehead atoms. The number of ketones is 1. The Bertz CT molecular complexity index is 871. The number of anilines is 1. The molecule has 5 nitrogen and oxygen atoms in total. The van der Waals surface area contributed by atoms with Crippen LogP contribution in [0.3, 0.4) is 0 Å². The summed E-state index contributed by atoms with van der Waals surface area (Å²) in [6, 6.07) is 13.3. The largest absolute Gasteiger partial charge is 0.456 e. The van der Waals surface area contributed by atoms with Crippen LogP contribution >= 0.6 is 0 Å². The maximum absolute atomic E-state index is 12.3. The molecule has 5 heteroatoms. The number of ether oxygens (including phenoxy) is 1. The molecule has 2 aromatic rings. The molecule has 0 saturated heterocycles. The molecule has 1 amide bonds. The summed E-state index contributed by atoms with van der Waals surface area (Å²) in [7, 11) is 0. The molecular formula is C23H25NO4. The van der Waals surface area contributed by atoms with Crippen LogP contribution in [0.2, 0.25) is 0 Å². The van der Waals surface area contributed by atoms with E-state index in [1.54, 1.807) is 0 Å². The van der Waals surface area contributed by atoms with Gasteiger partial charge in [-0.25, -0.2) is 0 Å². The highest BCUT2D eigenvalue weighted by Crippen LogP contribution is 2.23. The number of fused-ring (bicyclic) bond motifs is 1. The molecule has 2 aromatic carbocycles. The van der Waals surface area contributed by atoms with E-state index in [0.717, 1.165) is 25.7 Å². The predicted octanol–water partition coefficient (Wildman–Crippen LogP) is 3.88. The maximum atomic E-state index is 12.3. The fourth-order valence-corrected chi connectivity index (χ4v) is 3.34. The minimum Gasteiger partial charge on any atom is -0.456 e. The summed E-state index contributed by atoms with van der Waals surface area (Å²) in [5, 5.41) is 2.68. The van der Waals surface area contributed by atoms with Gasteiger partial charge in [0.05, 0.1) is 6.42 Å². The van der Waals surface area contributed by atoms with Crippen molar-refractivity contribution >= 4 is 23.3 Å². The van der Waals surface area contributed by atoms with Gasteiger partial charge in [0, 0.05) is 17.7 Å². The lowest BCUT2D eigenvalue weighted by Gasteiger charge is -2.07. The van der Waals surface area contributed by atoms with Crippen molar-refractivity contribution in [3.63, 3.8) is 0 Å². The lowest BCUT2D eigenvalue weighted by molar-refractivity contribution is -0.147. The first-order chi connectivity index (χ1) is 13.5. The third-order valence-corrected chi connectivity index (χ3v) is 4.99. The molecule has 0 spiro atoms. The number of aryl methyl sites for hydroxylation is 3. The van der Waals surface area contributed by atoms with Gasteiger partial charge in [-0.1, -0.05) is 31.2 Å². The molecule has 0 aliphatic heterocycles. The van der Waals surface area contributed by atoms with Crippen LogP contribution in [-0.2, 0) is 33.6 Å². The van der Waals surface area contributed by atoms with E-state index < -0.39 is 11.9 Å². The molecule has 0 aromatic heterocycles.